The zero-order valence-corrected chi connectivity index (χ0v) is 30.6. The molecule has 2 nitrogen and oxygen atoms in total. The van der Waals surface area contributed by atoms with Crippen molar-refractivity contribution in [3.8, 4) is 0 Å². The van der Waals surface area contributed by atoms with Gasteiger partial charge in [0.1, 0.15) is 0 Å². The summed E-state index contributed by atoms with van der Waals surface area (Å²) in [5.41, 5.74) is 0. The van der Waals surface area contributed by atoms with Gasteiger partial charge in [0.2, 0.25) is 0 Å². The minimum absolute atomic E-state index is 0.0754. The van der Waals surface area contributed by atoms with E-state index in [9.17, 15) is 4.79 Å². The fourth-order valence-corrected chi connectivity index (χ4v) is 13.5. The van der Waals surface area contributed by atoms with Crippen LogP contribution >= 0.6 is 0 Å². The van der Waals surface area contributed by atoms with Crippen molar-refractivity contribution in [2.45, 2.75) is 189 Å². The molecule has 0 aromatic rings. The molecule has 0 aliphatic heterocycles. The average molecular weight is 662 g/mol. The number of carbonyl (C=O) groups excluding carboxylic acids is 1. The molecular weight excluding hydrogens is 591 g/mol. The first-order chi connectivity index (χ1) is 18.5. The van der Waals surface area contributed by atoms with Gasteiger partial charge < -0.3 is 17.4 Å². The molecule has 4 heteroatoms. The Kier molecular flexibility index (Phi) is 38.2. The van der Waals surface area contributed by atoms with Crippen molar-refractivity contribution >= 4 is 38.4 Å². The van der Waals surface area contributed by atoms with E-state index in [1.165, 1.54) is 109 Å². The summed E-state index contributed by atoms with van der Waals surface area (Å²) < 4.78 is 10.0. The molecule has 0 aromatic carbocycles. The van der Waals surface area contributed by atoms with E-state index in [0.717, 1.165) is 18.8 Å². The van der Waals surface area contributed by atoms with Gasteiger partial charge in [-0.05, 0) is 12.3 Å². The molecule has 0 radical (unpaired) electrons. The van der Waals surface area contributed by atoms with Crippen molar-refractivity contribution in [1.82, 2.24) is 0 Å². The monoisotopic (exact) mass is 662 g/mol. The van der Waals surface area contributed by atoms with Crippen molar-refractivity contribution in [3.63, 3.8) is 0 Å². The number of hydrogen-bond donors (Lipinski definition) is 0. The summed E-state index contributed by atoms with van der Waals surface area (Å²) in [5, 5.41) is 0. The maximum atomic E-state index is 10.6. The van der Waals surface area contributed by atoms with Crippen molar-refractivity contribution in [1.29, 1.82) is 0 Å². The SMILES string of the molecule is CC(C)CCCCCOC(=O)C[S-].CCCCCCC[CH2][Sn+]([CH2]CCCCCCC)[CH2]CCCCCCC. The molecule has 0 saturated carbocycles. The first-order valence-corrected chi connectivity index (χ1v) is 23.7. The molecule has 0 atom stereocenters. The van der Waals surface area contributed by atoms with Gasteiger partial charge in [0, 0.05) is 0 Å². The van der Waals surface area contributed by atoms with E-state index in [1.54, 1.807) is 32.6 Å². The summed E-state index contributed by atoms with van der Waals surface area (Å²) in [6.07, 6.45) is 31.5. The van der Waals surface area contributed by atoms with E-state index in [4.69, 9.17) is 4.74 Å². The van der Waals surface area contributed by atoms with Crippen molar-refractivity contribution in [2.75, 3.05) is 12.4 Å². The first kappa shape index (κ1) is 40.8. The third-order valence-corrected chi connectivity index (χ3v) is 16.8. The van der Waals surface area contributed by atoms with Gasteiger partial charge in [0.25, 0.3) is 5.97 Å². The van der Waals surface area contributed by atoms with Gasteiger partial charge in [-0.15, -0.1) is 0 Å². The molecule has 0 amide bonds. The third-order valence-electron chi connectivity index (χ3n) is 7.46. The number of carbonyl (C=O) groups is 1. The van der Waals surface area contributed by atoms with Gasteiger partial charge in [-0.2, -0.15) is 0 Å². The van der Waals surface area contributed by atoms with Crippen LogP contribution in [0.5, 0.6) is 0 Å². The van der Waals surface area contributed by atoms with Crippen LogP contribution in [-0.2, 0) is 22.2 Å². The molecule has 0 heterocycles. The van der Waals surface area contributed by atoms with Gasteiger partial charge in [-0.3, -0.25) is 4.79 Å². The van der Waals surface area contributed by atoms with E-state index in [-0.39, 0.29) is 11.7 Å². The van der Waals surface area contributed by atoms with Crippen LogP contribution in [0.1, 0.15) is 176 Å². The van der Waals surface area contributed by atoms with Crippen molar-refractivity contribution < 1.29 is 9.53 Å². The minimum atomic E-state index is -1.02. The van der Waals surface area contributed by atoms with Crippen LogP contribution in [0.2, 0.25) is 13.3 Å². The fraction of sp³-hybridized carbons (Fsp3) is 0.971. The van der Waals surface area contributed by atoms with Gasteiger partial charge >= 0.3 is 169 Å². The molecular formula is C34H70O2SSn. The Morgan fingerprint density at radius 3 is 1.32 bits per heavy atom. The van der Waals surface area contributed by atoms with Crippen LogP contribution in [0.15, 0.2) is 0 Å². The van der Waals surface area contributed by atoms with Crippen LogP contribution in [-0.4, -0.2) is 38.1 Å². The Hall–Kier alpha value is 0.619. The summed E-state index contributed by atoms with van der Waals surface area (Å²) in [7, 11) is 0. The molecule has 0 bridgehead atoms. The number of unbranched alkanes of at least 4 members (excludes halogenated alkanes) is 17. The molecule has 0 aliphatic rings. The predicted octanol–water partition coefficient (Wildman–Crippen LogP) is 11.9. The number of esters is 1. The van der Waals surface area contributed by atoms with Crippen LogP contribution in [0.25, 0.3) is 0 Å². The molecule has 0 aliphatic carbocycles. The summed E-state index contributed by atoms with van der Waals surface area (Å²) in [6, 6.07) is 0. The zero-order chi connectivity index (χ0) is 28.5. The molecule has 0 fully saturated rings. The number of ether oxygens (including phenoxy) is 1. The normalized spacial score (nSPS) is 10.9. The second-order valence-electron chi connectivity index (χ2n) is 11.9. The second-order valence-corrected chi connectivity index (χ2v) is 20.8. The molecule has 0 aromatic heterocycles. The Labute approximate surface area is 254 Å². The van der Waals surface area contributed by atoms with Crippen LogP contribution < -0.4 is 0 Å². The summed E-state index contributed by atoms with van der Waals surface area (Å²) in [5.74, 6) is 0.584. The Morgan fingerprint density at radius 2 is 0.947 bits per heavy atom. The topological polar surface area (TPSA) is 26.3 Å². The van der Waals surface area contributed by atoms with Gasteiger partial charge in [-0.1, -0.05) is 38.9 Å². The van der Waals surface area contributed by atoms with Crippen LogP contribution in [0.3, 0.4) is 0 Å². The van der Waals surface area contributed by atoms with Gasteiger partial charge in [0.15, 0.2) is 0 Å². The van der Waals surface area contributed by atoms with Crippen LogP contribution in [0.4, 0.5) is 0 Å². The second kappa shape index (κ2) is 35.6. The Balaban J connectivity index is 0. The summed E-state index contributed by atoms with van der Waals surface area (Å²) in [6.45, 7) is 12.0. The fourth-order valence-electron chi connectivity index (χ4n) is 4.90. The molecule has 0 unspecified atom stereocenters. The molecule has 0 rings (SSSR count). The third kappa shape index (κ3) is 36.6. The number of hydrogen-bond acceptors (Lipinski definition) is 3. The van der Waals surface area contributed by atoms with E-state index < -0.39 is 19.8 Å². The van der Waals surface area contributed by atoms with E-state index in [0.29, 0.717) is 6.61 Å². The maximum absolute atomic E-state index is 10.6. The van der Waals surface area contributed by atoms with E-state index >= 15 is 0 Å². The van der Waals surface area contributed by atoms with Crippen molar-refractivity contribution in [2.24, 2.45) is 5.92 Å². The molecule has 0 N–H and O–H groups in total. The molecule has 228 valence electrons. The quantitative estimate of drug-likeness (QED) is 0.0361. The standard InChI is InChI=1S/C10H20O2S.3C8H17.Sn/c1-9(2)6-4-3-5-7-12-10(11)8-13;3*1-3-5-7-8-6-4-2;/h9,13H,3-8H2,1-2H3;3*1,3-8H2,2H3;/q;;;;+1/p-1. The molecule has 0 spiro atoms. The predicted molar refractivity (Wildman–Crippen MR) is 177 cm³/mol. The summed E-state index contributed by atoms with van der Waals surface area (Å²) in [4.78, 5) is 10.6. The first-order valence-electron chi connectivity index (χ1n) is 17.1. The van der Waals surface area contributed by atoms with Gasteiger partial charge in [-0.25, -0.2) is 0 Å². The van der Waals surface area contributed by atoms with Crippen LogP contribution in [0, 0.1) is 5.92 Å². The molecule has 0 saturated heterocycles. The van der Waals surface area contributed by atoms with Crippen molar-refractivity contribution in [3.05, 3.63) is 0 Å². The van der Waals surface area contributed by atoms with Gasteiger partial charge in [0.05, 0.1) is 6.61 Å². The average Bonchev–Trinajstić information content (AvgIpc) is 2.91. The summed E-state index contributed by atoms with van der Waals surface area (Å²) >= 11 is 3.52. The zero-order valence-electron chi connectivity index (χ0n) is 26.9. The number of rotatable bonds is 28. The van der Waals surface area contributed by atoms with E-state index in [1.807, 2.05) is 0 Å². The Morgan fingerprint density at radius 1 is 0.579 bits per heavy atom. The molecule has 38 heavy (non-hydrogen) atoms. The van der Waals surface area contributed by atoms with E-state index in [2.05, 4.69) is 47.2 Å². The Bertz CT molecular complexity index is 406.